The highest BCUT2D eigenvalue weighted by Gasteiger charge is 2.35. The van der Waals surface area contributed by atoms with Crippen LogP contribution in [0, 0.1) is 0 Å². The summed E-state index contributed by atoms with van der Waals surface area (Å²) >= 11 is 1.04. The van der Waals surface area contributed by atoms with E-state index in [-0.39, 0.29) is 16.9 Å². The Balaban J connectivity index is 1.57. The van der Waals surface area contributed by atoms with Crippen molar-refractivity contribution in [2.75, 3.05) is 0 Å². The third-order valence-electron chi connectivity index (χ3n) is 4.62. The molecule has 4 aromatic heterocycles. The number of nitrogens with zero attached hydrogens (tertiary/aromatic N) is 7. The lowest BCUT2D eigenvalue weighted by Gasteiger charge is -2.11. The Morgan fingerprint density at radius 3 is 2.42 bits per heavy atom. The quantitative estimate of drug-likeness (QED) is 0.415. The van der Waals surface area contributed by atoms with Crippen molar-refractivity contribution in [3.05, 3.63) is 60.8 Å². The SMILES string of the molecule is FC(F)(F)c1cc(Sc2nnc(-c3cccnc3)n2C2CC2)nc(-c2ccncc2)n1. The lowest BCUT2D eigenvalue weighted by molar-refractivity contribution is -0.141. The molecule has 11 heteroatoms. The summed E-state index contributed by atoms with van der Waals surface area (Å²) in [6, 6.07) is 7.95. The number of hydrogen-bond donors (Lipinski definition) is 0. The van der Waals surface area contributed by atoms with Crippen molar-refractivity contribution in [2.45, 2.75) is 35.2 Å². The molecule has 0 atom stereocenters. The standard InChI is InChI=1S/C20H14F3N7S/c21-20(22,23)15-10-16(27-17(26-15)12-5-8-24-9-6-12)31-19-29-28-18(30(19)14-3-4-14)13-2-1-7-25-11-13/h1-2,5-11,14H,3-4H2. The van der Waals surface area contributed by atoms with Crippen LogP contribution in [-0.4, -0.2) is 34.7 Å². The monoisotopic (exact) mass is 441 g/mol. The number of pyridine rings is 2. The minimum atomic E-state index is -4.61. The highest BCUT2D eigenvalue weighted by Crippen LogP contribution is 2.42. The lowest BCUT2D eigenvalue weighted by atomic mass is 10.2. The van der Waals surface area contributed by atoms with Gasteiger partial charge in [0.1, 0.15) is 10.7 Å². The van der Waals surface area contributed by atoms with Crippen LogP contribution in [0.2, 0.25) is 0 Å². The van der Waals surface area contributed by atoms with Crippen molar-refractivity contribution >= 4 is 11.8 Å². The van der Waals surface area contributed by atoms with E-state index in [0.29, 0.717) is 16.5 Å². The second-order valence-electron chi connectivity index (χ2n) is 6.90. The summed E-state index contributed by atoms with van der Waals surface area (Å²) in [6.45, 7) is 0. The summed E-state index contributed by atoms with van der Waals surface area (Å²) in [4.78, 5) is 16.1. The van der Waals surface area contributed by atoms with Gasteiger partial charge in [0, 0.05) is 48.0 Å². The van der Waals surface area contributed by atoms with E-state index in [1.165, 1.54) is 12.4 Å². The topological polar surface area (TPSA) is 82.3 Å². The van der Waals surface area contributed by atoms with Gasteiger partial charge in [0.2, 0.25) is 0 Å². The molecule has 0 unspecified atom stereocenters. The fourth-order valence-electron chi connectivity index (χ4n) is 3.05. The average molecular weight is 441 g/mol. The first-order valence-corrected chi connectivity index (χ1v) is 10.2. The summed E-state index contributed by atoms with van der Waals surface area (Å²) in [6.07, 6.45) is 3.62. The fourth-order valence-corrected chi connectivity index (χ4v) is 3.95. The Labute approximate surface area is 178 Å². The number of aromatic nitrogens is 7. The van der Waals surface area contributed by atoms with Gasteiger partial charge in [-0.05, 0) is 48.9 Å². The number of halogens is 3. The van der Waals surface area contributed by atoms with Crippen LogP contribution in [0.15, 0.2) is 65.3 Å². The maximum absolute atomic E-state index is 13.5. The average Bonchev–Trinajstić information content (AvgIpc) is 3.54. The first kappa shape index (κ1) is 19.6. The van der Waals surface area contributed by atoms with E-state index in [1.807, 2.05) is 10.6 Å². The number of rotatable bonds is 5. The molecule has 0 aliphatic heterocycles. The molecular weight excluding hydrogens is 427 g/mol. The van der Waals surface area contributed by atoms with Crippen LogP contribution in [0.5, 0.6) is 0 Å². The summed E-state index contributed by atoms with van der Waals surface area (Å²) in [7, 11) is 0. The predicted molar refractivity (Wildman–Crippen MR) is 106 cm³/mol. The zero-order valence-corrected chi connectivity index (χ0v) is 16.7. The summed E-state index contributed by atoms with van der Waals surface area (Å²) in [5.74, 6) is 0.613. The number of hydrogen-bond acceptors (Lipinski definition) is 7. The summed E-state index contributed by atoms with van der Waals surface area (Å²) in [5.41, 5.74) is 0.231. The molecule has 1 aliphatic rings. The molecule has 0 amide bonds. The third kappa shape index (κ3) is 4.13. The van der Waals surface area contributed by atoms with Gasteiger partial charge < -0.3 is 0 Å². The molecule has 4 aromatic rings. The van der Waals surface area contributed by atoms with Gasteiger partial charge in [-0.1, -0.05) is 0 Å². The Hall–Kier alpha value is -3.34. The molecule has 0 N–H and O–H groups in total. The molecule has 0 spiro atoms. The van der Waals surface area contributed by atoms with Gasteiger partial charge in [-0.25, -0.2) is 9.97 Å². The maximum atomic E-state index is 13.5. The molecule has 0 aromatic carbocycles. The van der Waals surface area contributed by atoms with Crippen LogP contribution < -0.4 is 0 Å². The molecule has 5 rings (SSSR count). The van der Waals surface area contributed by atoms with E-state index < -0.39 is 11.9 Å². The summed E-state index contributed by atoms with van der Waals surface area (Å²) in [5, 5.41) is 9.13. The lowest BCUT2D eigenvalue weighted by Crippen LogP contribution is -2.10. The van der Waals surface area contributed by atoms with Crippen LogP contribution >= 0.6 is 11.8 Å². The van der Waals surface area contributed by atoms with Crippen LogP contribution in [0.3, 0.4) is 0 Å². The van der Waals surface area contributed by atoms with E-state index in [9.17, 15) is 13.2 Å². The van der Waals surface area contributed by atoms with Gasteiger partial charge in [0.05, 0.1) is 0 Å². The van der Waals surface area contributed by atoms with Crippen molar-refractivity contribution in [1.29, 1.82) is 0 Å². The smallest absolute Gasteiger partial charge is 0.299 e. The Bertz CT molecular complexity index is 1210. The molecule has 0 saturated heterocycles. The minimum absolute atomic E-state index is 0.0234. The molecule has 7 nitrogen and oxygen atoms in total. The fraction of sp³-hybridized carbons (Fsp3) is 0.200. The highest BCUT2D eigenvalue weighted by molar-refractivity contribution is 7.99. The van der Waals surface area contributed by atoms with Gasteiger partial charge in [-0.15, -0.1) is 10.2 Å². The van der Waals surface area contributed by atoms with Crippen molar-refractivity contribution in [1.82, 2.24) is 34.7 Å². The molecule has 4 heterocycles. The van der Waals surface area contributed by atoms with Crippen LogP contribution in [-0.2, 0) is 6.18 Å². The first-order chi connectivity index (χ1) is 15.0. The molecule has 1 fully saturated rings. The van der Waals surface area contributed by atoms with Crippen molar-refractivity contribution < 1.29 is 13.2 Å². The van der Waals surface area contributed by atoms with E-state index in [2.05, 4.69) is 30.1 Å². The molecular formula is C20H14F3N7S. The molecule has 1 aliphatic carbocycles. The summed E-state index contributed by atoms with van der Waals surface area (Å²) < 4.78 is 42.4. The second-order valence-corrected chi connectivity index (χ2v) is 7.89. The molecule has 156 valence electrons. The largest absolute Gasteiger partial charge is 0.433 e. The van der Waals surface area contributed by atoms with Crippen molar-refractivity contribution in [2.24, 2.45) is 0 Å². The zero-order chi connectivity index (χ0) is 21.4. The van der Waals surface area contributed by atoms with Crippen LogP contribution in [0.4, 0.5) is 13.2 Å². The second kappa shape index (κ2) is 7.73. The Morgan fingerprint density at radius 1 is 0.935 bits per heavy atom. The van der Waals surface area contributed by atoms with E-state index in [1.54, 1.807) is 30.6 Å². The predicted octanol–water partition coefficient (Wildman–Crippen LogP) is 4.70. The van der Waals surface area contributed by atoms with E-state index >= 15 is 0 Å². The molecule has 0 radical (unpaired) electrons. The van der Waals surface area contributed by atoms with Crippen molar-refractivity contribution in [3.8, 4) is 22.8 Å². The maximum Gasteiger partial charge on any atom is 0.433 e. The highest BCUT2D eigenvalue weighted by atomic mass is 32.2. The Morgan fingerprint density at radius 2 is 1.74 bits per heavy atom. The number of alkyl halides is 3. The van der Waals surface area contributed by atoms with Crippen LogP contribution in [0.25, 0.3) is 22.8 Å². The first-order valence-electron chi connectivity index (χ1n) is 9.39. The van der Waals surface area contributed by atoms with Gasteiger partial charge in [0.25, 0.3) is 0 Å². The van der Waals surface area contributed by atoms with Gasteiger partial charge in [-0.3, -0.25) is 14.5 Å². The van der Waals surface area contributed by atoms with Gasteiger partial charge in [-0.2, -0.15) is 13.2 Å². The molecule has 31 heavy (non-hydrogen) atoms. The van der Waals surface area contributed by atoms with Gasteiger partial charge in [0.15, 0.2) is 16.8 Å². The zero-order valence-electron chi connectivity index (χ0n) is 15.9. The van der Waals surface area contributed by atoms with Gasteiger partial charge >= 0.3 is 6.18 Å². The Kier molecular flexibility index (Phi) is 4.89. The van der Waals surface area contributed by atoms with E-state index in [4.69, 9.17) is 0 Å². The minimum Gasteiger partial charge on any atom is -0.299 e. The van der Waals surface area contributed by atoms with E-state index in [0.717, 1.165) is 36.2 Å². The normalized spacial score (nSPS) is 14.0. The molecule has 1 saturated carbocycles. The van der Waals surface area contributed by atoms with Crippen LogP contribution in [0.1, 0.15) is 24.6 Å². The molecule has 0 bridgehead atoms. The van der Waals surface area contributed by atoms with Crippen molar-refractivity contribution in [3.63, 3.8) is 0 Å². The third-order valence-corrected chi connectivity index (χ3v) is 5.50.